The summed E-state index contributed by atoms with van der Waals surface area (Å²) in [5.74, 6) is -1.24. The molecule has 6 heteroatoms. The second kappa shape index (κ2) is 10.3. The lowest BCUT2D eigenvalue weighted by atomic mass is 10.1. The molecule has 2 rings (SSSR count). The van der Waals surface area contributed by atoms with Gasteiger partial charge in [0.1, 0.15) is 11.5 Å². The molecule has 2 N–H and O–H groups in total. The number of carbonyl (C=O) groups is 2. The second-order valence-electron chi connectivity index (χ2n) is 5.74. The van der Waals surface area contributed by atoms with Crippen LogP contribution in [0.15, 0.2) is 60.3 Å². The topological polar surface area (TPSA) is 58.2 Å². The van der Waals surface area contributed by atoms with Crippen LogP contribution in [0.1, 0.15) is 24.5 Å². The van der Waals surface area contributed by atoms with Crippen molar-refractivity contribution in [3.8, 4) is 0 Å². The first-order valence-electron chi connectivity index (χ1n) is 8.48. The summed E-state index contributed by atoms with van der Waals surface area (Å²) in [6, 6.07) is 12.6. The van der Waals surface area contributed by atoms with E-state index in [1.165, 1.54) is 36.4 Å². The Morgan fingerprint density at radius 1 is 1.04 bits per heavy atom. The molecule has 4 nitrogen and oxygen atoms in total. The van der Waals surface area contributed by atoms with Crippen LogP contribution in [0.5, 0.6) is 0 Å². The van der Waals surface area contributed by atoms with Gasteiger partial charge >= 0.3 is 0 Å². The quantitative estimate of drug-likeness (QED) is 0.701. The predicted molar refractivity (Wildman–Crippen MR) is 106 cm³/mol. The molecule has 2 amide bonds. The number of nitrogens with one attached hydrogen (secondary N) is 2. The Kier molecular flexibility index (Phi) is 7.77. The first-order valence-corrected chi connectivity index (χ1v) is 8.86. The van der Waals surface area contributed by atoms with Crippen molar-refractivity contribution in [1.29, 1.82) is 0 Å². The van der Waals surface area contributed by atoms with Gasteiger partial charge in [0.25, 0.3) is 5.91 Å². The molecule has 140 valence electrons. The number of amides is 2. The molecule has 0 radical (unpaired) electrons. The Hall–Kier alpha value is -2.92. The third-order valence-corrected chi connectivity index (χ3v) is 3.77. The minimum absolute atomic E-state index is 0.0841. The van der Waals surface area contributed by atoms with Gasteiger partial charge < -0.3 is 10.6 Å². The van der Waals surface area contributed by atoms with Crippen LogP contribution >= 0.6 is 11.6 Å². The third kappa shape index (κ3) is 7.07. The molecule has 0 saturated carbocycles. The summed E-state index contributed by atoms with van der Waals surface area (Å²) in [7, 11) is 0. The standard InChI is InChI=1S/C21H20ClFN2O2/c1-2-13-24-21(27)19(14-16-5-10-18(23)11-6-16)25-20(26)12-7-15-3-8-17(22)9-4-15/h3-12,14H,2,13H2,1H3,(H,24,27)(H,25,26)/b12-7+,19-14-. The van der Waals surface area contributed by atoms with E-state index in [0.29, 0.717) is 17.1 Å². The fraction of sp³-hybridized carbons (Fsp3) is 0.143. The fourth-order valence-electron chi connectivity index (χ4n) is 2.14. The zero-order valence-electron chi connectivity index (χ0n) is 14.8. The highest BCUT2D eigenvalue weighted by Gasteiger charge is 2.11. The van der Waals surface area contributed by atoms with Gasteiger partial charge in [-0.1, -0.05) is 42.8 Å². The second-order valence-corrected chi connectivity index (χ2v) is 6.18. The van der Waals surface area contributed by atoms with Crippen molar-refractivity contribution in [2.75, 3.05) is 6.54 Å². The first kappa shape index (κ1) is 20.4. The number of hydrogen-bond acceptors (Lipinski definition) is 2. The van der Waals surface area contributed by atoms with E-state index in [-0.39, 0.29) is 11.5 Å². The molecule has 0 aliphatic carbocycles. The maximum atomic E-state index is 13.1. The van der Waals surface area contributed by atoms with Crippen LogP contribution in [0, 0.1) is 5.82 Å². The Balaban J connectivity index is 2.14. The van der Waals surface area contributed by atoms with Crippen molar-refractivity contribution in [2.24, 2.45) is 0 Å². The number of benzene rings is 2. The van der Waals surface area contributed by atoms with Gasteiger partial charge in [-0.2, -0.15) is 0 Å². The Morgan fingerprint density at radius 2 is 1.67 bits per heavy atom. The van der Waals surface area contributed by atoms with E-state index >= 15 is 0 Å². The molecule has 0 aliphatic rings. The van der Waals surface area contributed by atoms with Gasteiger partial charge in [-0.3, -0.25) is 9.59 Å². The molecule has 0 aliphatic heterocycles. The van der Waals surface area contributed by atoms with Crippen LogP contribution < -0.4 is 10.6 Å². The van der Waals surface area contributed by atoms with E-state index in [9.17, 15) is 14.0 Å². The van der Waals surface area contributed by atoms with E-state index in [0.717, 1.165) is 12.0 Å². The van der Waals surface area contributed by atoms with Gasteiger partial charge in [-0.05, 0) is 54.0 Å². The summed E-state index contributed by atoms with van der Waals surface area (Å²) in [4.78, 5) is 24.5. The Morgan fingerprint density at radius 3 is 2.30 bits per heavy atom. The molecule has 2 aromatic rings. The molecule has 0 heterocycles. The maximum absolute atomic E-state index is 13.1. The summed E-state index contributed by atoms with van der Waals surface area (Å²) in [5, 5.41) is 5.89. The molecule has 0 spiro atoms. The maximum Gasteiger partial charge on any atom is 0.267 e. The van der Waals surface area contributed by atoms with Crippen LogP contribution in [0.2, 0.25) is 5.02 Å². The fourth-order valence-corrected chi connectivity index (χ4v) is 2.26. The summed E-state index contributed by atoms with van der Waals surface area (Å²) < 4.78 is 13.1. The van der Waals surface area contributed by atoms with Crippen LogP contribution in [-0.2, 0) is 9.59 Å². The van der Waals surface area contributed by atoms with Gasteiger partial charge in [-0.15, -0.1) is 0 Å². The predicted octanol–water partition coefficient (Wildman–Crippen LogP) is 4.18. The number of hydrogen-bond donors (Lipinski definition) is 2. The Labute approximate surface area is 162 Å². The highest BCUT2D eigenvalue weighted by molar-refractivity contribution is 6.30. The summed E-state index contributed by atoms with van der Waals surface area (Å²) in [6.07, 6.45) is 5.21. The van der Waals surface area contributed by atoms with Crippen LogP contribution in [0.4, 0.5) is 4.39 Å². The minimum atomic E-state index is -0.454. The highest BCUT2D eigenvalue weighted by Crippen LogP contribution is 2.11. The number of halogens is 2. The lowest BCUT2D eigenvalue weighted by molar-refractivity contribution is -0.121. The smallest absolute Gasteiger partial charge is 0.267 e. The zero-order valence-corrected chi connectivity index (χ0v) is 15.6. The van der Waals surface area contributed by atoms with E-state index in [1.54, 1.807) is 30.3 Å². The molecule has 27 heavy (non-hydrogen) atoms. The molecule has 0 atom stereocenters. The zero-order chi connectivity index (χ0) is 19.6. The molecule has 0 bridgehead atoms. The molecule has 0 saturated heterocycles. The minimum Gasteiger partial charge on any atom is -0.351 e. The molecule has 2 aromatic carbocycles. The number of carbonyl (C=O) groups excluding carboxylic acids is 2. The SMILES string of the molecule is CCCNC(=O)/C(=C/c1ccc(F)cc1)NC(=O)/C=C/c1ccc(Cl)cc1. The van der Waals surface area contributed by atoms with Crippen molar-refractivity contribution >= 4 is 35.6 Å². The molecular weight excluding hydrogens is 367 g/mol. The largest absolute Gasteiger partial charge is 0.351 e. The molecule has 0 unspecified atom stereocenters. The third-order valence-electron chi connectivity index (χ3n) is 3.52. The highest BCUT2D eigenvalue weighted by atomic mass is 35.5. The average Bonchev–Trinajstić information content (AvgIpc) is 2.66. The van der Waals surface area contributed by atoms with Gasteiger partial charge in [0.05, 0.1) is 0 Å². The summed E-state index contributed by atoms with van der Waals surface area (Å²) in [5.41, 5.74) is 1.48. The van der Waals surface area contributed by atoms with E-state index in [2.05, 4.69) is 10.6 Å². The van der Waals surface area contributed by atoms with Crippen LogP contribution in [0.25, 0.3) is 12.2 Å². The van der Waals surface area contributed by atoms with Crippen molar-refractivity contribution in [3.63, 3.8) is 0 Å². The van der Waals surface area contributed by atoms with E-state index in [1.807, 2.05) is 6.92 Å². The van der Waals surface area contributed by atoms with Crippen LogP contribution in [-0.4, -0.2) is 18.4 Å². The van der Waals surface area contributed by atoms with E-state index in [4.69, 9.17) is 11.6 Å². The summed E-state index contributed by atoms with van der Waals surface area (Å²) in [6.45, 7) is 2.41. The van der Waals surface area contributed by atoms with Crippen molar-refractivity contribution < 1.29 is 14.0 Å². The molecule has 0 aromatic heterocycles. The monoisotopic (exact) mass is 386 g/mol. The van der Waals surface area contributed by atoms with E-state index < -0.39 is 11.8 Å². The molecule has 0 fully saturated rings. The Bertz CT molecular complexity index is 843. The van der Waals surface area contributed by atoms with Gasteiger partial charge in [-0.25, -0.2) is 4.39 Å². The summed E-state index contributed by atoms with van der Waals surface area (Å²) >= 11 is 5.83. The lowest BCUT2D eigenvalue weighted by Crippen LogP contribution is -2.34. The van der Waals surface area contributed by atoms with Gasteiger partial charge in [0.15, 0.2) is 0 Å². The van der Waals surface area contributed by atoms with Crippen molar-refractivity contribution in [1.82, 2.24) is 10.6 Å². The van der Waals surface area contributed by atoms with Crippen LogP contribution in [0.3, 0.4) is 0 Å². The van der Waals surface area contributed by atoms with Crippen molar-refractivity contribution in [2.45, 2.75) is 13.3 Å². The normalized spacial score (nSPS) is 11.4. The molecular formula is C21H20ClFN2O2. The van der Waals surface area contributed by atoms with Gasteiger partial charge in [0, 0.05) is 17.6 Å². The number of rotatable bonds is 7. The lowest BCUT2D eigenvalue weighted by Gasteiger charge is -2.09. The van der Waals surface area contributed by atoms with Gasteiger partial charge in [0.2, 0.25) is 5.91 Å². The first-order chi connectivity index (χ1) is 13.0. The average molecular weight is 387 g/mol. The van der Waals surface area contributed by atoms with Crippen molar-refractivity contribution in [3.05, 3.63) is 82.3 Å².